The van der Waals surface area contributed by atoms with Gasteiger partial charge in [-0.1, -0.05) is 30.3 Å². The molecule has 1 saturated heterocycles. The predicted octanol–water partition coefficient (Wildman–Crippen LogP) is 3.90. The molecule has 31 heavy (non-hydrogen) atoms. The molecule has 2 heterocycles. The van der Waals surface area contributed by atoms with E-state index in [9.17, 15) is 9.59 Å². The molecule has 0 aliphatic carbocycles. The number of rotatable bonds is 8. The van der Waals surface area contributed by atoms with Crippen molar-refractivity contribution in [2.24, 2.45) is 0 Å². The first kappa shape index (κ1) is 21.1. The van der Waals surface area contributed by atoms with Gasteiger partial charge in [-0.15, -0.1) is 0 Å². The Hall–Kier alpha value is -3.12. The van der Waals surface area contributed by atoms with E-state index in [1.54, 1.807) is 0 Å². The molecule has 0 bridgehead atoms. The molecule has 2 amide bonds. The minimum absolute atomic E-state index is 0.0427. The highest BCUT2D eigenvalue weighted by atomic mass is 16.5. The van der Waals surface area contributed by atoms with Gasteiger partial charge in [-0.05, 0) is 56.5 Å². The summed E-state index contributed by atoms with van der Waals surface area (Å²) in [6, 6.07) is 17.4. The van der Waals surface area contributed by atoms with Crippen molar-refractivity contribution in [1.82, 2.24) is 4.90 Å². The van der Waals surface area contributed by atoms with E-state index in [1.807, 2.05) is 56.3 Å². The normalized spacial score (nSPS) is 16.7. The highest BCUT2D eigenvalue weighted by Crippen LogP contribution is 2.31. The van der Waals surface area contributed by atoms with Gasteiger partial charge in [0.25, 0.3) is 11.8 Å². The van der Waals surface area contributed by atoms with Gasteiger partial charge in [0, 0.05) is 24.5 Å². The Morgan fingerprint density at radius 3 is 2.26 bits per heavy atom. The molecule has 1 N–H and O–H groups in total. The van der Waals surface area contributed by atoms with E-state index >= 15 is 0 Å². The van der Waals surface area contributed by atoms with Crippen LogP contribution in [-0.4, -0.2) is 49.1 Å². The monoisotopic (exact) mass is 419 g/mol. The summed E-state index contributed by atoms with van der Waals surface area (Å²) < 4.78 is 5.57. The molecule has 0 atom stereocenters. The van der Waals surface area contributed by atoms with Crippen molar-refractivity contribution < 1.29 is 14.3 Å². The van der Waals surface area contributed by atoms with Crippen LogP contribution in [-0.2, 0) is 14.3 Å². The highest BCUT2D eigenvalue weighted by molar-refractivity contribution is 6.36. The van der Waals surface area contributed by atoms with Gasteiger partial charge in [0.1, 0.15) is 5.70 Å². The number of benzene rings is 2. The summed E-state index contributed by atoms with van der Waals surface area (Å²) in [6.45, 7) is 6.56. The Morgan fingerprint density at radius 1 is 0.935 bits per heavy atom. The second-order valence-corrected chi connectivity index (χ2v) is 8.16. The fraction of sp³-hybridized carbons (Fsp3) is 0.360. The lowest BCUT2D eigenvalue weighted by atomic mass is 10.0. The molecular formula is C25H29N3O3. The lowest BCUT2D eigenvalue weighted by Crippen LogP contribution is -2.35. The number of anilines is 2. The number of nitrogens with zero attached hydrogens (tertiary/aromatic N) is 2. The van der Waals surface area contributed by atoms with Crippen LogP contribution in [0.15, 0.2) is 60.3 Å². The van der Waals surface area contributed by atoms with Crippen molar-refractivity contribution in [2.75, 3.05) is 36.5 Å². The molecule has 0 saturated carbocycles. The van der Waals surface area contributed by atoms with E-state index in [4.69, 9.17) is 4.74 Å². The first-order valence-corrected chi connectivity index (χ1v) is 10.9. The molecule has 2 aromatic carbocycles. The Kier molecular flexibility index (Phi) is 6.37. The zero-order valence-electron chi connectivity index (χ0n) is 18.1. The lowest BCUT2D eigenvalue weighted by Gasteiger charge is -2.18. The number of carbonyl (C=O) groups excluding carboxylic acids is 2. The fourth-order valence-electron chi connectivity index (χ4n) is 4.02. The van der Waals surface area contributed by atoms with Crippen molar-refractivity contribution >= 4 is 28.8 Å². The number of imide groups is 1. The first-order chi connectivity index (χ1) is 15.0. The topological polar surface area (TPSA) is 61.9 Å². The standard InChI is InChI=1S/C25H29N3O3/c1-18(2)31-17-16-28-24(29)22(19-8-4-3-5-9-19)23(25(28)30)26-20-10-12-21(13-11-20)27-14-6-7-15-27/h3-5,8-13,18,26H,6-7,14-17H2,1-2H3. The molecule has 2 aliphatic heterocycles. The predicted molar refractivity (Wildman–Crippen MR) is 123 cm³/mol. The Balaban J connectivity index is 1.59. The number of hydrogen-bond acceptors (Lipinski definition) is 5. The largest absolute Gasteiger partial charge is 0.377 e. The molecule has 0 spiro atoms. The number of nitrogens with one attached hydrogen (secondary N) is 1. The van der Waals surface area contributed by atoms with Crippen LogP contribution >= 0.6 is 0 Å². The van der Waals surface area contributed by atoms with E-state index in [-0.39, 0.29) is 24.5 Å². The van der Waals surface area contributed by atoms with E-state index in [2.05, 4.69) is 22.3 Å². The molecule has 4 rings (SSSR count). The number of carbonyl (C=O) groups is 2. The van der Waals surface area contributed by atoms with Crippen LogP contribution in [0.3, 0.4) is 0 Å². The van der Waals surface area contributed by atoms with Crippen molar-refractivity contribution in [3.63, 3.8) is 0 Å². The molecule has 1 fully saturated rings. The van der Waals surface area contributed by atoms with E-state index in [0.717, 1.165) is 24.3 Å². The summed E-state index contributed by atoms with van der Waals surface area (Å²) in [5.74, 6) is -0.612. The van der Waals surface area contributed by atoms with E-state index < -0.39 is 0 Å². The smallest absolute Gasteiger partial charge is 0.278 e. The van der Waals surface area contributed by atoms with Gasteiger partial charge in [-0.3, -0.25) is 14.5 Å². The van der Waals surface area contributed by atoms with Gasteiger partial charge in [-0.2, -0.15) is 0 Å². The highest BCUT2D eigenvalue weighted by Gasteiger charge is 2.39. The van der Waals surface area contributed by atoms with Crippen LogP contribution < -0.4 is 10.2 Å². The van der Waals surface area contributed by atoms with Crippen molar-refractivity contribution in [3.8, 4) is 0 Å². The molecule has 6 heteroatoms. The van der Waals surface area contributed by atoms with Crippen LogP contribution in [0.1, 0.15) is 32.3 Å². The van der Waals surface area contributed by atoms with Gasteiger partial charge in [0.2, 0.25) is 0 Å². The maximum absolute atomic E-state index is 13.2. The summed E-state index contributed by atoms with van der Waals surface area (Å²) >= 11 is 0. The SMILES string of the molecule is CC(C)OCCN1C(=O)C(Nc2ccc(N3CCCC3)cc2)=C(c2ccccc2)C1=O. The molecule has 2 aromatic rings. The Labute approximate surface area is 183 Å². The van der Waals surface area contributed by atoms with Gasteiger partial charge in [0.05, 0.1) is 24.8 Å². The summed E-state index contributed by atoms with van der Waals surface area (Å²) in [6.07, 6.45) is 2.49. The maximum atomic E-state index is 13.2. The minimum atomic E-state index is -0.320. The minimum Gasteiger partial charge on any atom is -0.377 e. The fourth-order valence-corrected chi connectivity index (χ4v) is 4.02. The first-order valence-electron chi connectivity index (χ1n) is 10.9. The van der Waals surface area contributed by atoms with Crippen molar-refractivity contribution in [2.45, 2.75) is 32.8 Å². The third kappa shape index (κ3) is 4.64. The summed E-state index contributed by atoms with van der Waals surface area (Å²) in [5, 5.41) is 3.22. The quantitative estimate of drug-likeness (QED) is 0.658. The molecule has 0 aromatic heterocycles. The second kappa shape index (κ2) is 9.35. The van der Waals surface area contributed by atoms with E-state index in [0.29, 0.717) is 17.9 Å². The zero-order valence-corrected chi connectivity index (χ0v) is 18.1. The molecular weight excluding hydrogens is 390 g/mol. The average molecular weight is 420 g/mol. The van der Waals surface area contributed by atoms with Gasteiger partial charge in [-0.25, -0.2) is 0 Å². The van der Waals surface area contributed by atoms with Crippen LogP contribution in [0, 0.1) is 0 Å². The van der Waals surface area contributed by atoms with Crippen LogP contribution in [0.5, 0.6) is 0 Å². The number of ether oxygens (including phenoxy) is 1. The molecule has 0 unspecified atom stereocenters. The molecule has 162 valence electrons. The molecule has 2 aliphatic rings. The molecule has 0 radical (unpaired) electrons. The average Bonchev–Trinajstić information content (AvgIpc) is 3.38. The van der Waals surface area contributed by atoms with Crippen molar-refractivity contribution in [1.29, 1.82) is 0 Å². The summed E-state index contributed by atoms with van der Waals surface area (Å²) in [5.41, 5.74) is 3.41. The second-order valence-electron chi connectivity index (χ2n) is 8.16. The van der Waals surface area contributed by atoms with E-state index in [1.165, 1.54) is 23.4 Å². The Morgan fingerprint density at radius 2 is 1.61 bits per heavy atom. The maximum Gasteiger partial charge on any atom is 0.278 e. The van der Waals surface area contributed by atoms with Crippen molar-refractivity contribution in [3.05, 3.63) is 65.9 Å². The third-order valence-corrected chi connectivity index (χ3v) is 5.60. The number of amides is 2. The lowest BCUT2D eigenvalue weighted by molar-refractivity contribution is -0.137. The zero-order chi connectivity index (χ0) is 21.8. The van der Waals surface area contributed by atoms with Crippen LogP contribution in [0.25, 0.3) is 5.57 Å². The third-order valence-electron chi connectivity index (χ3n) is 5.60. The van der Waals surface area contributed by atoms with Gasteiger partial charge >= 0.3 is 0 Å². The number of hydrogen-bond donors (Lipinski definition) is 1. The Bertz CT molecular complexity index is 961. The van der Waals surface area contributed by atoms with Crippen LogP contribution in [0.4, 0.5) is 11.4 Å². The molecule has 6 nitrogen and oxygen atoms in total. The summed E-state index contributed by atoms with van der Waals surface area (Å²) in [4.78, 5) is 30.0. The van der Waals surface area contributed by atoms with Gasteiger partial charge < -0.3 is 15.0 Å². The van der Waals surface area contributed by atoms with Gasteiger partial charge in [0.15, 0.2) is 0 Å². The van der Waals surface area contributed by atoms with Crippen LogP contribution in [0.2, 0.25) is 0 Å². The summed E-state index contributed by atoms with van der Waals surface area (Å²) in [7, 11) is 0.